The molecule has 0 spiro atoms. The lowest BCUT2D eigenvalue weighted by atomic mass is 10.0. The van der Waals surface area contributed by atoms with E-state index in [2.05, 4.69) is 0 Å². The molecule has 1 atom stereocenters. The Bertz CT molecular complexity index is 153. The predicted molar refractivity (Wildman–Crippen MR) is 47.9 cm³/mol. The topological polar surface area (TPSA) is 90.0 Å². The number of aliphatic hydroxyl groups excluding tert-OH is 2. The minimum absolute atomic E-state index is 0.219. The van der Waals surface area contributed by atoms with Crippen LogP contribution in [-0.2, 0) is 0 Å². The maximum Gasteiger partial charge on any atom is 0.116 e. The SMILES string of the molecule is NC1(O)CCN(CC(O)CO)CC1. The summed E-state index contributed by atoms with van der Waals surface area (Å²) < 4.78 is 0. The number of nitrogens with zero attached hydrogens (tertiary/aromatic N) is 1. The third kappa shape index (κ3) is 3.58. The van der Waals surface area contributed by atoms with Crippen LogP contribution in [0.4, 0.5) is 0 Å². The lowest BCUT2D eigenvalue weighted by Crippen LogP contribution is -2.51. The highest BCUT2D eigenvalue weighted by molar-refractivity contribution is 4.81. The largest absolute Gasteiger partial charge is 0.394 e. The minimum atomic E-state index is -1.04. The minimum Gasteiger partial charge on any atom is -0.394 e. The van der Waals surface area contributed by atoms with Crippen molar-refractivity contribution in [3.05, 3.63) is 0 Å². The number of aliphatic hydroxyl groups is 3. The van der Waals surface area contributed by atoms with E-state index in [-0.39, 0.29) is 6.61 Å². The highest BCUT2D eigenvalue weighted by Crippen LogP contribution is 2.16. The molecule has 1 aliphatic rings. The van der Waals surface area contributed by atoms with Crippen LogP contribution in [0.15, 0.2) is 0 Å². The first kappa shape index (κ1) is 10.9. The summed E-state index contributed by atoms with van der Waals surface area (Å²) in [5.41, 5.74) is 4.48. The van der Waals surface area contributed by atoms with Crippen molar-refractivity contribution in [2.24, 2.45) is 5.73 Å². The Hall–Kier alpha value is -0.200. The molecule has 5 heteroatoms. The summed E-state index contributed by atoms with van der Waals surface area (Å²) in [7, 11) is 0. The number of nitrogens with two attached hydrogens (primary N) is 1. The monoisotopic (exact) mass is 190 g/mol. The molecular formula is C8H18N2O3. The molecule has 5 nitrogen and oxygen atoms in total. The molecule has 0 radical (unpaired) electrons. The number of likely N-dealkylation sites (tertiary alicyclic amines) is 1. The maximum atomic E-state index is 9.42. The molecule has 1 saturated heterocycles. The van der Waals surface area contributed by atoms with E-state index in [1.807, 2.05) is 4.90 Å². The Balaban J connectivity index is 2.25. The molecule has 0 aromatic carbocycles. The van der Waals surface area contributed by atoms with Gasteiger partial charge in [0.25, 0.3) is 0 Å². The highest BCUT2D eigenvalue weighted by atomic mass is 16.3. The van der Waals surface area contributed by atoms with Gasteiger partial charge < -0.3 is 26.0 Å². The molecule has 0 bridgehead atoms. The normalized spacial score (nSPS) is 25.8. The van der Waals surface area contributed by atoms with Crippen LogP contribution in [0.25, 0.3) is 0 Å². The average Bonchev–Trinajstić information content (AvgIpc) is 2.08. The Morgan fingerprint density at radius 3 is 2.38 bits per heavy atom. The summed E-state index contributed by atoms with van der Waals surface area (Å²) in [5, 5.41) is 27.2. The van der Waals surface area contributed by atoms with Crippen molar-refractivity contribution in [3.8, 4) is 0 Å². The maximum absolute atomic E-state index is 9.42. The lowest BCUT2D eigenvalue weighted by molar-refractivity contribution is -0.0296. The molecular weight excluding hydrogens is 172 g/mol. The van der Waals surface area contributed by atoms with E-state index in [4.69, 9.17) is 15.9 Å². The van der Waals surface area contributed by atoms with Crippen molar-refractivity contribution < 1.29 is 15.3 Å². The van der Waals surface area contributed by atoms with Crippen LogP contribution >= 0.6 is 0 Å². The second-order valence-corrected chi connectivity index (χ2v) is 3.74. The van der Waals surface area contributed by atoms with Gasteiger partial charge in [0.1, 0.15) is 5.72 Å². The van der Waals surface area contributed by atoms with Gasteiger partial charge in [-0.05, 0) is 0 Å². The van der Waals surface area contributed by atoms with E-state index in [9.17, 15) is 5.11 Å². The number of β-amino-alcohol motifs (C(OH)–C–C–N with tert-alkyl or cyclic N) is 1. The molecule has 1 heterocycles. The Kier molecular flexibility index (Phi) is 3.63. The molecule has 1 unspecified atom stereocenters. The van der Waals surface area contributed by atoms with E-state index in [1.54, 1.807) is 0 Å². The number of rotatable bonds is 3. The van der Waals surface area contributed by atoms with Crippen molar-refractivity contribution in [3.63, 3.8) is 0 Å². The number of piperidine rings is 1. The quantitative estimate of drug-likeness (QED) is 0.390. The van der Waals surface area contributed by atoms with Crippen molar-refractivity contribution in [1.29, 1.82) is 0 Å². The third-order valence-corrected chi connectivity index (χ3v) is 2.40. The van der Waals surface area contributed by atoms with Gasteiger partial charge in [-0.3, -0.25) is 0 Å². The van der Waals surface area contributed by atoms with Gasteiger partial charge in [0.2, 0.25) is 0 Å². The fourth-order valence-electron chi connectivity index (χ4n) is 1.48. The molecule has 1 aliphatic heterocycles. The zero-order chi connectivity index (χ0) is 9.90. The van der Waals surface area contributed by atoms with Crippen LogP contribution in [0, 0.1) is 0 Å². The molecule has 5 N–H and O–H groups in total. The second-order valence-electron chi connectivity index (χ2n) is 3.74. The van der Waals surface area contributed by atoms with Gasteiger partial charge >= 0.3 is 0 Å². The van der Waals surface area contributed by atoms with Crippen molar-refractivity contribution in [2.45, 2.75) is 24.7 Å². The van der Waals surface area contributed by atoms with Crippen LogP contribution in [0.1, 0.15) is 12.8 Å². The van der Waals surface area contributed by atoms with Gasteiger partial charge in [-0.25, -0.2) is 0 Å². The first-order chi connectivity index (χ1) is 6.03. The predicted octanol–water partition coefficient (Wildman–Crippen LogP) is -1.92. The van der Waals surface area contributed by atoms with Gasteiger partial charge in [0.15, 0.2) is 0 Å². The van der Waals surface area contributed by atoms with Gasteiger partial charge in [0, 0.05) is 32.5 Å². The van der Waals surface area contributed by atoms with E-state index < -0.39 is 11.8 Å². The zero-order valence-corrected chi connectivity index (χ0v) is 7.69. The van der Waals surface area contributed by atoms with E-state index in [0.29, 0.717) is 32.5 Å². The summed E-state index contributed by atoms with van der Waals surface area (Å²) in [6, 6.07) is 0. The molecule has 0 aliphatic carbocycles. The highest BCUT2D eigenvalue weighted by Gasteiger charge is 2.28. The molecule has 0 amide bonds. The number of hydrogen-bond acceptors (Lipinski definition) is 5. The van der Waals surface area contributed by atoms with E-state index >= 15 is 0 Å². The van der Waals surface area contributed by atoms with Crippen LogP contribution in [-0.4, -0.2) is 58.3 Å². The first-order valence-corrected chi connectivity index (χ1v) is 4.56. The fraction of sp³-hybridized carbons (Fsp3) is 1.00. The Morgan fingerprint density at radius 2 is 1.92 bits per heavy atom. The lowest BCUT2D eigenvalue weighted by Gasteiger charge is -2.36. The first-order valence-electron chi connectivity index (χ1n) is 4.56. The summed E-state index contributed by atoms with van der Waals surface area (Å²) in [6.07, 6.45) is 0.347. The summed E-state index contributed by atoms with van der Waals surface area (Å²) >= 11 is 0. The van der Waals surface area contributed by atoms with E-state index in [1.165, 1.54) is 0 Å². The summed E-state index contributed by atoms with van der Waals surface area (Å²) in [5.74, 6) is 0. The van der Waals surface area contributed by atoms with Gasteiger partial charge in [-0.2, -0.15) is 0 Å². The van der Waals surface area contributed by atoms with Crippen molar-refractivity contribution in [1.82, 2.24) is 4.90 Å². The second kappa shape index (κ2) is 4.34. The third-order valence-electron chi connectivity index (χ3n) is 2.40. The molecule has 0 saturated carbocycles. The average molecular weight is 190 g/mol. The molecule has 1 rings (SSSR count). The van der Waals surface area contributed by atoms with Crippen LogP contribution in [0.2, 0.25) is 0 Å². The van der Waals surface area contributed by atoms with Gasteiger partial charge in [0.05, 0.1) is 12.7 Å². The van der Waals surface area contributed by atoms with Gasteiger partial charge in [-0.1, -0.05) is 0 Å². The fourth-order valence-corrected chi connectivity index (χ4v) is 1.48. The molecule has 0 aromatic rings. The van der Waals surface area contributed by atoms with E-state index in [0.717, 1.165) is 0 Å². The van der Waals surface area contributed by atoms with Crippen LogP contribution in [0.3, 0.4) is 0 Å². The summed E-state index contributed by atoms with van der Waals surface area (Å²) in [6.45, 7) is 1.57. The van der Waals surface area contributed by atoms with Gasteiger partial charge in [-0.15, -0.1) is 0 Å². The van der Waals surface area contributed by atoms with Crippen LogP contribution in [0.5, 0.6) is 0 Å². The molecule has 78 valence electrons. The molecule has 0 aromatic heterocycles. The molecule has 13 heavy (non-hydrogen) atoms. The van der Waals surface area contributed by atoms with Crippen LogP contribution < -0.4 is 5.73 Å². The van der Waals surface area contributed by atoms with Crippen molar-refractivity contribution in [2.75, 3.05) is 26.2 Å². The molecule has 1 fully saturated rings. The summed E-state index contributed by atoms with van der Waals surface area (Å²) in [4.78, 5) is 1.99. The Morgan fingerprint density at radius 1 is 1.38 bits per heavy atom. The smallest absolute Gasteiger partial charge is 0.116 e. The standard InChI is InChI=1S/C8H18N2O3/c9-8(13)1-3-10(4-2-8)5-7(12)6-11/h7,11-13H,1-6,9H2. The zero-order valence-electron chi connectivity index (χ0n) is 7.69. The Labute approximate surface area is 77.8 Å². The van der Waals surface area contributed by atoms with Crippen molar-refractivity contribution >= 4 is 0 Å². The number of hydrogen-bond donors (Lipinski definition) is 4.